The minimum absolute atomic E-state index is 0.276. The van der Waals surface area contributed by atoms with Crippen molar-refractivity contribution in [3.63, 3.8) is 0 Å². The van der Waals surface area contributed by atoms with Gasteiger partial charge in [0.05, 0.1) is 19.8 Å². The maximum Gasteiger partial charge on any atom is 0.506 e. The third-order valence-corrected chi connectivity index (χ3v) is 3.58. The number of rotatable bonds is 1. The summed E-state index contributed by atoms with van der Waals surface area (Å²) in [5.74, 6) is 0. The number of morpholine rings is 1. The molecule has 0 aliphatic carbocycles. The van der Waals surface area contributed by atoms with E-state index in [1.54, 1.807) is 4.90 Å². The van der Waals surface area contributed by atoms with Crippen LogP contribution >= 0.6 is 0 Å². The second-order valence-corrected chi connectivity index (χ2v) is 5.19. The molecule has 8 heteroatoms. The van der Waals surface area contributed by atoms with Crippen LogP contribution in [0.5, 0.6) is 0 Å². The van der Waals surface area contributed by atoms with Crippen molar-refractivity contribution in [1.29, 1.82) is 0 Å². The number of carbonyl (C=O) groups is 2. The summed E-state index contributed by atoms with van der Waals surface area (Å²) in [6.07, 6.45) is -0.839. The van der Waals surface area contributed by atoms with Gasteiger partial charge in [0.25, 0.3) is 0 Å². The molecular weight excluding hydrogens is 302 g/mol. The van der Waals surface area contributed by atoms with E-state index in [0.717, 1.165) is 11.3 Å². The first kappa shape index (κ1) is 16.9. The lowest BCUT2D eigenvalue weighted by atomic mass is 10.0. The van der Waals surface area contributed by atoms with E-state index in [2.05, 4.69) is 5.32 Å². The Kier molecular flexibility index (Phi) is 6.04. The summed E-state index contributed by atoms with van der Waals surface area (Å²) in [4.78, 5) is 22.3. The first-order valence-corrected chi connectivity index (χ1v) is 7.39. The smallest absolute Gasteiger partial charge is 0.450 e. The number of nitrogens with zero attached hydrogens (tertiary/aromatic N) is 1. The molecule has 126 valence electrons. The van der Waals surface area contributed by atoms with Crippen molar-refractivity contribution in [2.75, 3.05) is 38.2 Å². The molecule has 1 atom stereocenters. The summed E-state index contributed by atoms with van der Waals surface area (Å²) in [5.41, 5.74) is 7.17. The Hall–Kier alpha value is -2.48. The van der Waals surface area contributed by atoms with Crippen LogP contribution in [0.3, 0.4) is 0 Å². The number of benzene rings is 1. The van der Waals surface area contributed by atoms with Gasteiger partial charge in [0.2, 0.25) is 0 Å². The van der Waals surface area contributed by atoms with Gasteiger partial charge in [0, 0.05) is 25.2 Å². The Morgan fingerprint density at radius 2 is 2.00 bits per heavy atom. The standard InChI is InChI=1S/C10H11NO3.C5H10N2O2/c12-10(13)14-8-5-7-3-1-2-4-9(7)11-6-8;6-5(8)7-1-3-9-4-2-7/h1-4,8,11H,5-6H2,(H,12,13);1-4H2,(H2,6,8)/t8-;/m1./s1. The molecule has 0 aromatic heterocycles. The van der Waals surface area contributed by atoms with Crippen molar-refractivity contribution in [3.05, 3.63) is 29.8 Å². The monoisotopic (exact) mass is 323 g/mol. The molecule has 2 amide bonds. The summed E-state index contributed by atoms with van der Waals surface area (Å²) in [6, 6.07) is 7.48. The number of nitrogens with one attached hydrogen (secondary N) is 1. The molecular formula is C15H21N3O5. The number of amides is 2. The molecule has 2 aliphatic rings. The van der Waals surface area contributed by atoms with Crippen LogP contribution in [0.1, 0.15) is 5.56 Å². The van der Waals surface area contributed by atoms with Gasteiger partial charge in [0.1, 0.15) is 6.10 Å². The molecule has 0 spiro atoms. The van der Waals surface area contributed by atoms with Crippen molar-refractivity contribution in [3.8, 4) is 0 Å². The number of fused-ring (bicyclic) bond motifs is 1. The summed E-state index contributed by atoms with van der Waals surface area (Å²) in [5, 5.41) is 11.6. The van der Waals surface area contributed by atoms with Gasteiger partial charge in [-0.05, 0) is 11.6 Å². The third kappa shape index (κ3) is 5.33. The molecule has 2 aliphatic heterocycles. The number of urea groups is 1. The van der Waals surface area contributed by atoms with Crippen LogP contribution in [0.2, 0.25) is 0 Å². The Morgan fingerprint density at radius 1 is 1.30 bits per heavy atom. The second-order valence-electron chi connectivity index (χ2n) is 5.19. The van der Waals surface area contributed by atoms with Crippen molar-refractivity contribution in [2.24, 2.45) is 5.73 Å². The number of carboxylic acid groups (broad SMARTS) is 1. The fourth-order valence-electron chi connectivity index (χ4n) is 2.42. The van der Waals surface area contributed by atoms with Gasteiger partial charge in [-0.2, -0.15) is 0 Å². The topological polar surface area (TPSA) is 114 Å². The van der Waals surface area contributed by atoms with Gasteiger partial charge in [-0.15, -0.1) is 0 Å². The molecule has 1 aromatic rings. The van der Waals surface area contributed by atoms with E-state index in [4.69, 9.17) is 20.3 Å². The average Bonchev–Trinajstić information content (AvgIpc) is 2.55. The highest BCUT2D eigenvalue weighted by atomic mass is 16.7. The quantitative estimate of drug-likeness (QED) is 0.667. The van der Waals surface area contributed by atoms with Gasteiger partial charge in [-0.3, -0.25) is 0 Å². The van der Waals surface area contributed by atoms with Crippen LogP contribution in [0.25, 0.3) is 0 Å². The van der Waals surface area contributed by atoms with Crippen molar-refractivity contribution >= 4 is 17.9 Å². The molecule has 0 bridgehead atoms. The molecule has 8 nitrogen and oxygen atoms in total. The fraction of sp³-hybridized carbons (Fsp3) is 0.467. The normalized spacial score (nSPS) is 19.5. The van der Waals surface area contributed by atoms with Crippen LogP contribution in [0.15, 0.2) is 24.3 Å². The SMILES string of the molecule is NC(=O)N1CCOCC1.O=C(O)O[C@H]1CNc2ccccc2C1. The van der Waals surface area contributed by atoms with Crippen molar-refractivity contribution in [1.82, 2.24) is 4.90 Å². The number of hydrogen-bond acceptors (Lipinski definition) is 5. The Balaban J connectivity index is 0.000000185. The molecule has 2 heterocycles. The van der Waals surface area contributed by atoms with E-state index in [1.807, 2.05) is 24.3 Å². The van der Waals surface area contributed by atoms with E-state index in [0.29, 0.717) is 39.3 Å². The van der Waals surface area contributed by atoms with E-state index < -0.39 is 6.16 Å². The largest absolute Gasteiger partial charge is 0.506 e. The maximum atomic E-state index is 10.4. The lowest BCUT2D eigenvalue weighted by Gasteiger charge is -2.24. The first-order chi connectivity index (χ1) is 11.1. The predicted molar refractivity (Wildman–Crippen MR) is 83.5 cm³/mol. The molecule has 4 N–H and O–H groups in total. The van der Waals surface area contributed by atoms with E-state index in [1.165, 1.54) is 0 Å². The Morgan fingerprint density at radius 3 is 2.61 bits per heavy atom. The number of primary amides is 1. The molecule has 0 radical (unpaired) electrons. The number of anilines is 1. The minimum atomic E-state index is -1.21. The number of hydrogen-bond donors (Lipinski definition) is 3. The lowest BCUT2D eigenvalue weighted by molar-refractivity contribution is 0.0554. The minimum Gasteiger partial charge on any atom is -0.450 e. The summed E-state index contributed by atoms with van der Waals surface area (Å²) < 4.78 is 9.70. The van der Waals surface area contributed by atoms with E-state index in [-0.39, 0.29) is 12.1 Å². The number of carbonyl (C=O) groups excluding carboxylic acids is 1. The lowest BCUT2D eigenvalue weighted by Crippen LogP contribution is -2.43. The number of ether oxygens (including phenoxy) is 2. The van der Waals surface area contributed by atoms with Gasteiger partial charge < -0.3 is 30.5 Å². The molecule has 1 fully saturated rings. The van der Waals surface area contributed by atoms with Crippen LogP contribution in [-0.2, 0) is 15.9 Å². The zero-order valence-electron chi connectivity index (χ0n) is 12.7. The van der Waals surface area contributed by atoms with Crippen molar-refractivity contribution in [2.45, 2.75) is 12.5 Å². The Labute approximate surface area is 134 Å². The first-order valence-electron chi connectivity index (χ1n) is 7.39. The zero-order valence-corrected chi connectivity index (χ0v) is 12.7. The van der Waals surface area contributed by atoms with Gasteiger partial charge in [0.15, 0.2) is 0 Å². The highest BCUT2D eigenvalue weighted by molar-refractivity contribution is 5.72. The number of nitrogens with two attached hydrogens (primary N) is 1. The summed E-state index contributed by atoms with van der Waals surface area (Å²) in [7, 11) is 0. The van der Waals surface area contributed by atoms with Crippen LogP contribution < -0.4 is 11.1 Å². The molecule has 0 unspecified atom stereocenters. The zero-order chi connectivity index (χ0) is 16.7. The Bertz CT molecular complexity index is 546. The van der Waals surface area contributed by atoms with Crippen LogP contribution in [0.4, 0.5) is 15.3 Å². The van der Waals surface area contributed by atoms with Gasteiger partial charge in [-0.1, -0.05) is 18.2 Å². The molecule has 23 heavy (non-hydrogen) atoms. The average molecular weight is 323 g/mol. The predicted octanol–water partition coefficient (Wildman–Crippen LogP) is 1.12. The molecule has 0 saturated carbocycles. The second kappa shape index (κ2) is 8.23. The van der Waals surface area contributed by atoms with Crippen LogP contribution in [0, 0.1) is 0 Å². The highest BCUT2D eigenvalue weighted by Crippen LogP contribution is 2.22. The van der Waals surface area contributed by atoms with Crippen molar-refractivity contribution < 1.29 is 24.2 Å². The third-order valence-electron chi connectivity index (χ3n) is 3.58. The fourth-order valence-corrected chi connectivity index (χ4v) is 2.42. The van der Waals surface area contributed by atoms with Gasteiger partial charge >= 0.3 is 12.2 Å². The van der Waals surface area contributed by atoms with E-state index >= 15 is 0 Å². The van der Waals surface area contributed by atoms with E-state index in [9.17, 15) is 9.59 Å². The summed E-state index contributed by atoms with van der Waals surface area (Å²) in [6.45, 7) is 3.04. The van der Waals surface area contributed by atoms with Gasteiger partial charge in [-0.25, -0.2) is 9.59 Å². The maximum absolute atomic E-state index is 10.4. The highest BCUT2D eigenvalue weighted by Gasteiger charge is 2.20. The summed E-state index contributed by atoms with van der Waals surface area (Å²) >= 11 is 0. The van der Waals surface area contributed by atoms with Crippen LogP contribution in [-0.4, -0.2) is 61.1 Å². The number of para-hydroxylation sites is 1. The molecule has 1 saturated heterocycles. The molecule has 1 aromatic carbocycles. The molecule has 3 rings (SSSR count).